The first-order valence-electron chi connectivity index (χ1n) is 6.17. The maximum absolute atomic E-state index is 11.6. The molecule has 19 heavy (non-hydrogen) atoms. The molecule has 100 valence electrons. The highest BCUT2D eigenvalue weighted by atomic mass is 32.2. The van der Waals surface area contributed by atoms with Crippen molar-refractivity contribution in [3.05, 3.63) is 34.7 Å². The average molecular weight is 293 g/mol. The third kappa shape index (κ3) is 4.08. The second-order valence-corrected chi connectivity index (χ2v) is 5.85. The van der Waals surface area contributed by atoms with Crippen LogP contribution in [0.1, 0.15) is 25.3 Å². The van der Waals surface area contributed by atoms with Crippen LogP contribution in [0.4, 0.5) is 0 Å². The number of benzene rings is 1. The molecule has 1 heterocycles. The number of unbranched alkanes of at least 4 members (excludes halogenated alkanes) is 1. The van der Waals surface area contributed by atoms with E-state index >= 15 is 0 Å². The number of hydrogen-bond acceptors (Lipinski definition) is 4. The van der Waals surface area contributed by atoms with Crippen molar-refractivity contribution >= 4 is 40.3 Å². The molecule has 1 amide bonds. The van der Waals surface area contributed by atoms with E-state index in [0.717, 1.165) is 30.8 Å². The van der Waals surface area contributed by atoms with Gasteiger partial charge in [-0.2, -0.15) is 0 Å². The Hall–Kier alpha value is -1.33. The van der Waals surface area contributed by atoms with Crippen LogP contribution in [0.2, 0.25) is 0 Å². The van der Waals surface area contributed by atoms with Gasteiger partial charge in [0.1, 0.15) is 10.1 Å². The van der Waals surface area contributed by atoms with Crippen molar-refractivity contribution in [2.75, 3.05) is 6.61 Å². The Morgan fingerprint density at radius 2 is 2.32 bits per heavy atom. The second-order valence-electron chi connectivity index (χ2n) is 4.13. The molecule has 0 aliphatic carbocycles. The summed E-state index contributed by atoms with van der Waals surface area (Å²) >= 11 is 6.24. The summed E-state index contributed by atoms with van der Waals surface area (Å²) in [7, 11) is 0. The lowest BCUT2D eigenvalue weighted by atomic mass is 10.2. The van der Waals surface area contributed by atoms with E-state index in [1.807, 2.05) is 30.3 Å². The van der Waals surface area contributed by atoms with Crippen molar-refractivity contribution < 1.29 is 9.53 Å². The third-order valence-corrected chi connectivity index (χ3v) is 3.73. The van der Waals surface area contributed by atoms with E-state index < -0.39 is 0 Å². The molecule has 2 rings (SSSR count). The zero-order valence-corrected chi connectivity index (χ0v) is 12.3. The Morgan fingerprint density at radius 3 is 3.00 bits per heavy atom. The molecule has 0 saturated carbocycles. The minimum atomic E-state index is -0.132. The van der Waals surface area contributed by atoms with Crippen LogP contribution in [0.3, 0.4) is 0 Å². The largest absolute Gasteiger partial charge is 0.494 e. The standard InChI is InChI=1S/C14H15NO2S2/c1-2-3-7-17-11-6-4-5-10(8-11)9-12-13(16)15-14(18)19-12/h4-6,8-9H,2-3,7H2,1H3,(H,15,16,18). The molecule has 1 saturated heterocycles. The molecular formula is C14H15NO2S2. The zero-order chi connectivity index (χ0) is 13.7. The fraction of sp³-hybridized carbons (Fsp3) is 0.286. The summed E-state index contributed by atoms with van der Waals surface area (Å²) in [4.78, 5) is 12.2. The molecule has 3 nitrogen and oxygen atoms in total. The SMILES string of the molecule is CCCCOc1cccc(C=C2SC(=S)NC2=O)c1. The van der Waals surface area contributed by atoms with Crippen molar-refractivity contribution in [3.8, 4) is 5.75 Å². The van der Waals surface area contributed by atoms with E-state index in [2.05, 4.69) is 12.2 Å². The fourth-order valence-electron chi connectivity index (χ4n) is 1.60. The molecule has 1 N–H and O–H groups in total. The van der Waals surface area contributed by atoms with Gasteiger partial charge < -0.3 is 10.1 Å². The van der Waals surface area contributed by atoms with Gasteiger partial charge in [-0.15, -0.1) is 0 Å². The van der Waals surface area contributed by atoms with E-state index in [-0.39, 0.29) is 5.91 Å². The summed E-state index contributed by atoms with van der Waals surface area (Å²) in [6, 6.07) is 7.71. The summed E-state index contributed by atoms with van der Waals surface area (Å²) in [5.74, 6) is 0.695. The van der Waals surface area contributed by atoms with E-state index in [9.17, 15) is 4.79 Å². The number of amides is 1. The number of thioether (sulfide) groups is 1. The van der Waals surface area contributed by atoms with Crippen LogP contribution < -0.4 is 10.1 Å². The van der Waals surface area contributed by atoms with Gasteiger partial charge in [0.05, 0.1) is 11.5 Å². The molecule has 5 heteroatoms. The Morgan fingerprint density at radius 1 is 1.47 bits per heavy atom. The summed E-state index contributed by atoms with van der Waals surface area (Å²) in [6.45, 7) is 2.85. The highest BCUT2D eigenvalue weighted by Gasteiger charge is 2.21. The summed E-state index contributed by atoms with van der Waals surface area (Å²) in [5.41, 5.74) is 0.941. The monoisotopic (exact) mass is 293 g/mol. The highest BCUT2D eigenvalue weighted by molar-refractivity contribution is 8.26. The minimum Gasteiger partial charge on any atom is -0.494 e. The number of rotatable bonds is 5. The second kappa shape index (κ2) is 6.73. The molecule has 1 fully saturated rings. The maximum Gasteiger partial charge on any atom is 0.263 e. The summed E-state index contributed by atoms with van der Waals surface area (Å²) in [6.07, 6.45) is 3.97. The molecule has 0 spiro atoms. The van der Waals surface area contributed by atoms with Crippen molar-refractivity contribution in [2.45, 2.75) is 19.8 Å². The van der Waals surface area contributed by atoms with Crippen LogP contribution in [0.5, 0.6) is 5.75 Å². The van der Waals surface area contributed by atoms with Crippen LogP contribution in [-0.2, 0) is 4.79 Å². The number of hydrogen-bond donors (Lipinski definition) is 1. The maximum atomic E-state index is 11.6. The topological polar surface area (TPSA) is 38.3 Å². The molecule has 0 atom stereocenters. The van der Waals surface area contributed by atoms with E-state index in [0.29, 0.717) is 9.23 Å². The summed E-state index contributed by atoms with van der Waals surface area (Å²) < 4.78 is 6.14. The molecule has 1 aliphatic rings. The Labute approximate surface area is 122 Å². The lowest BCUT2D eigenvalue weighted by molar-refractivity contribution is -0.115. The minimum absolute atomic E-state index is 0.132. The van der Waals surface area contributed by atoms with Crippen molar-refractivity contribution in [1.29, 1.82) is 0 Å². The van der Waals surface area contributed by atoms with Gasteiger partial charge in [-0.25, -0.2) is 0 Å². The van der Waals surface area contributed by atoms with Gasteiger partial charge in [0.15, 0.2) is 0 Å². The molecular weight excluding hydrogens is 278 g/mol. The Balaban J connectivity index is 2.08. The van der Waals surface area contributed by atoms with Crippen LogP contribution in [0.25, 0.3) is 6.08 Å². The van der Waals surface area contributed by atoms with Gasteiger partial charge in [0.25, 0.3) is 5.91 Å². The molecule has 1 aliphatic heterocycles. The van der Waals surface area contributed by atoms with Gasteiger partial charge in [0.2, 0.25) is 0 Å². The fourth-order valence-corrected chi connectivity index (χ4v) is 2.65. The van der Waals surface area contributed by atoms with Gasteiger partial charge in [0, 0.05) is 0 Å². The molecule has 0 aromatic heterocycles. The highest BCUT2D eigenvalue weighted by Crippen LogP contribution is 2.26. The first-order chi connectivity index (χ1) is 9.19. The molecule has 1 aromatic rings. The number of carbonyl (C=O) groups is 1. The third-order valence-electron chi connectivity index (χ3n) is 2.56. The smallest absolute Gasteiger partial charge is 0.263 e. The normalized spacial score (nSPS) is 16.8. The predicted octanol–water partition coefficient (Wildman–Crippen LogP) is 3.35. The first-order valence-corrected chi connectivity index (χ1v) is 7.39. The summed E-state index contributed by atoms with van der Waals surface area (Å²) in [5, 5.41) is 2.60. The molecule has 0 radical (unpaired) electrons. The van der Waals surface area contributed by atoms with Gasteiger partial charge in [-0.05, 0) is 30.2 Å². The van der Waals surface area contributed by atoms with Crippen molar-refractivity contribution in [1.82, 2.24) is 5.32 Å². The van der Waals surface area contributed by atoms with Crippen LogP contribution in [-0.4, -0.2) is 16.8 Å². The average Bonchev–Trinajstić information content (AvgIpc) is 2.69. The van der Waals surface area contributed by atoms with Gasteiger partial charge >= 0.3 is 0 Å². The van der Waals surface area contributed by atoms with Crippen LogP contribution in [0, 0.1) is 0 Å². The number of carbonyl (C=O) groups excluding carboxylic acids is 1. The quantitative estimate of drug-likeness (QED) is 0.513. The number of nitrogens with one attached hydrogen (secondary N) is 1. The lowest BCUT2D eigenvalue weighted by Gasteiger charge is -2.05. The van der Waals surface area contributed by atoms with E-state index in [1.165, 1.54) is 11.8 Å². The van der Waals surface area contributed by atoms with Crippen LogP contribution >= 0.6 is 24.0 Å². The molecule has 0 unspecified atom stereocenters. The van der Waals surface area contributed by atoms with Crippen molar-refractivity contribution in [2.24, 2.45) is 0 Å². The number of thiocarbonyl (C=S) groups is 1. The number of ether oxygens (including phenoxy) is 1. The van der Waals surface area contributed by atoms with E-state index in [1.54, 1.807) is 0 Å². The molecule has 1 aromatic carbocycles. The van der Waals surface area contributed by atoms with Crippen molar-refractivity contribution in [3.63, 3.8) is 0 Å². The van der Waals surface area contributed by atoms with Gasteiger partial charge in [-0.1, -0.05) is 49.5 Å². The van der Waals surface area contributed by atoms with Gasteiger partial charge in [-0.3, -0.25) is 4.79 Å². The van der Waals surface area contributed by atoms with Crippen LogP contribution in [0.15, 0.2) is 29.2 Å². The lowest BCUT2D eigenvalue weighted by Crippen LogP contribution is -2.17. The first kappa shape index (κ1) is 14.1. The molecule has 0 bridgehead atoms. The van der Waals surface area contributed by atoms with E-state index in [4.69, 9.17) is 17.0 Å². The Kier molecular flexibility index (Phi) is 4.99. The Bertz CT molecular complexity index is 526. The zero-order valence-electron chi connectivity index (χ0n) is 10.6. The predicted molar refractivity (Wildman–Crippen MR) is 83.2 cm³/mol.